The molecule has 2 rings (SSSR count). The van der Waals surface area contributed by atoms with E-state index < -0.39 is 17.6 Å². The fourth-order valence-electron chi connectivity index (χ4n) is 1.88. The third kappa shape index (κ3) is 2.81. The predicted octanol–water partition coefficient (Wildman–Crippen LogP) is 2.59. The molecule has 0 aliphatic carbocycles. The Morgan fingerprint density at radius 1 is 1.30 bits per heavy atom. The molecule has 5 nitrogen and oxygen atoms in total. The van der Waals surface area contributed by atoms with Gasteiger partial charge >= 0.3 is 5.97 Å². The second-order valence-corrected chi connectivity index (χ2v) is 4.33. The van der Waals surface area contributed by atoms with Crippen LogP contribution in [-0.4, -0.2) is 26.1 Å². The molecule has 0 atom stereocenters. The van der Waals surface area contributed by atoms with Gasteiger partial charge in [-0.3, -0.25) is 0 Å². The molecule has 0 aliphatic heterocycles. The van der Waals surface area contributed by atoms with Crippen molar-refractivity contribution >= 4 is 5.97 Å². The summed E-state index contributed by atoms with van der Waals surface area (Å²) in [5, 5.41) is 16.7. The number of hydrogen-bond acceptors (Lipinski definition) is 3. The SMILES string of the molecule is CCCCc1nnn(-c2cc(F)cc(F)c2)c1C(=O)O. The van der Waals surface area contributed by atoms with Crippen LogP contribution in [0.5, 0.6) is 0 Å². The number of hydrogen-bond donors (Lipinski definition) is 1. The van der Waals surface area contributed by atoms with E-state index in [1.807, 2.05) is 6.92 Å². The molecule has 0 fully saturated rings. The Bertz CT molecular complexity index is 620. The lowest BCUT2D eigenvalue weighted by Gasteiger charge is -2.04. The minimum atomic E-state index is -1.23. The molecule has 0 spiro atoms. The molecule has 0 saturated carbocycles. The molecule has 1 heterocycles. The molecular formula is C13H13F2N3O2. The largest absolute Gasteiger partial charge is 0.476 e. The average Bonchev–Trinajstić information content (AvgIpc) is 2.79. The van der Waals surface area contributed by atoms with Crippen molar-refractivity contribution in [3.8, 4) is 5.69 Å². The summed E-state index contributed by atoms with van der Waals surface area (Å²) in [6.45, 7) is 1.97. The van der Waals surface area contributed by atoms with Crippen molar-refractivity contribution in [2.45, 2.75) is 26.2 Å². The van der Waals surface area contributed by atoms with Gasteiger partial charge in [0.15, 0.2) is 5.69 Å². The Kier molecular flexibility index (Phi) is 4.07. The topological polar surface area (TPSA) is 68.0 Å². The van der Waals surface area contributed by atoms with Gasteiger partial charge in [-0.1, -0.05) is 18.6 Å². The number of unbranched alkanes of at least 4 members (excludes halogenated alkanes) is 1. The fourth-order valence-corrected chi connectivity index (χ4v) is 1.88. The number of carboxylic acid groups (broad SMARTS) is 1. The Morgan fingerprint density at radius 3 is 2.50 bits per heavy atom. The first-order valence-corrected chi connectivity index (χ1v) is 6.17. The van der Waals surface area contributed by atoms with Gasteiger partial charge in [-0.2, -0.15) is 0 Å². The highest BCUT2D eigenvalue weighted by molar-refractivity contribution is 5.87. The van der Waals surface area contributed by atoms with Crippen LogP contribution in [0.1, 0.15) is 35.9 Å². The summed E-state index contributed by atoms with van der Waals surface area (Å²) >= 11 is 0. The van der Waals surface area contributed by atoms with Gasteiger partial charge < -0.3 is 5.11 Å². The van der Waals surface area contributed by atoms with Gasteiger partial charge in [-0.15, -0.1) is 5.10 Å². The van der Waals surface area contributed by atoms with Gasteiger partial charge in [0, 0.05) is 6.07 Å². The first-order chi connectivity index (χ1) is 9.52. The summed E-state index contributed by atoms with van der Waals surface area (Å²) < 4.78 is 27.4. The van der Waals surface area contributed by atoms with Gasteiger partial charge in [0.05, 0.1) is 11.4 Å². The van der Waals surface area contributed by atoms with Gasteiger partial charge in [-0.25, -0.2) is 18.3 Å². The molecule has 0 radical (unpaired) electrons. The fraction of sp³-hybridized carbons (Fsp3) is 0.308. The van der Waals surface area contributed by atoms with Crippen LogP contribution in [0.3, 0.4) is 0 Å². The monoisotopic (exact) mass is 281 g/mol. The molecule has 1 N–H and O–H groups in total. The van der Waals surface area contributed by atoms with E-state index in [1.165, 1.54) is 0 Å². The van der Waals surface area contributed by atoms with Crippen LogP contribution in [0.4, 0.5) is 8.78 Å². The van der Waals surface area contributed by atoms with Gasteiger partial charge in [-0.05, 0) is 25.0 Å². The van der Waals surface area contributed by atoms with E-state index in [-0.39, 0.29) is 11.4 Å². The van der Waals surface area contributed by atoms with E-state index in [4.69, 9.17) is 0 Å². The van der Waals surface area contributed by atoms with Crippen molar-refractivity contribution in [2.24, 2.45) is 0 Å². The van der Waals surface area contributed by atoms with Crippen LogP contribution < -0.4 is 0 Å². The Morgan fingerprint density at radius 2 is 1.95 bits per heavy atom. The third-order valence-corrected chi connectivity index (χ3v) is 2.80. The summed E-state index contributed by atoms with van der Waals surface area (Å²) in [5.74, 6) is -2.84. The van der Waals surface area contributed by atoms with Crippen molar-refractivity contribution in [3.63, 3.8) is 0 Å². The lowest BCUT2D eigenvalue weighted by atomic mass is 10.1. The summed E-state index contributed by atoms with van der Waals surface area (Å²) in [6.07, 6.45) is 2.09. The molecule has 2 aromatic rings. The van der Waals surface area contributed by atoms with Crippen LogP contribution in [-0.2, 0) is 6.42 Å². The van der Waals surface area contributed by atoms with E-state index >= 15 is 0 Å². The molecule has 0 unspecified atom stereocenters. The number of halogens is 2. The number of rotatable bonds is 5. The first kappa shape index (κ1) is 14.1. The number of carboxylic acids is 1. The Balaban J connectivity index is 2.50. The molecule has 0 aliphatic rings. The summed E-state index contributed by atoms with van der Waals surface area (Å²) in [7, 11) is 0. The maximum Gasteiger partial charge on any atom is 0.356 e. The number of aryl methyl sites for hydroxylation is 1. The lowest BCUT2D eigenvalue weighted by Crippen LogP contribution is -2.10. The molecular weight excluding hydrogens is 268 g/mol. The predicted molar refractivity (Wildman–Crippen MR) is 66.8 cm³/mol. The minimum Gasteiger partial charge on any atom is -0.476 e. The lowest BCUT2D eigenvalue weighted by molar-refractivity contribution is 0.0685. The summed E-state index contributed by atoms with van der Waals surface area (Å²) in [4.78, 5) is 11.3. The quantitative estimate of drug-likeness (QED) is 0.914. The van der Waals surface area contributed by atoms with E-state index in [9.17, 15) is 18.7 Å². The highest BCUT2D eigenvalue weighted by atomic mass is 19.1. The summed E-state index contributed by atoms with van der Waals surface area (Å²) in [6, 6.07) is 2.72. The zero-order valence-corrected chi connectivity index (χ0v) is 10.8. The van der Waals surface area contributed by atoms with E-state index in [0.717, 1.165) is 29.7 Å². The zero-order valence-electron chi connectivity index (χ0n) is 10.8. The molecule has 1 aromatic carbocycles. The molecule has 7 heteroatoms. The third-order valence-electron chi connectivity index (χ3n) is 2.80. The van der Waals surface area contributed by atoms with Crippen molar-refractivity contribution in [3.05, 3.63) is 41.2 Å². The number of benzene rings is 1. The molecule has 1 aromatic heterocycles. The average molecular weight is 281 g/mol. The van der Waals surface area contributed by atoms with Gasteiger partial charge in [0.2, 0.25) is 0 Å². The highest BCUT2D eigenvalue weighted by Gasteiger charge is 2.21. The molecule has 20 heavy (non-hydrogen) atoms. The van der Waals surface area contributed by atoms with Crippen LogP contribution >= 0.6 is 0 Å². The van der Waals surface area contributed by atoms with E-state index in [1.54, 1.807) is 0 Å². The number of nitrogens with zero attached hydrogens (tertiary/aromatic N) is 3. The van der Waals surface area contributed by atoms with Crippen LogP contribution in [0.15, 0.2) is 18.2 Å². The van der Waals surface area contributed by atoms with Crippen LogP contribution in [0, 0.1) is 11.6 Å². The smallest absolute Gasteiger partial charge is 0.356 e. The van der Waals surface area contributed by atoms with Gasteiger partial charge in [0.25, 0.3) is 0 Å². The van der Waals surface area contributed by atoms with Crippen molar-refractivity contribution in [1.29, 1.82) is 0 Å². The highest BCUT2D eigenvalue weighted by Crippen LogP contribution is 2.17. The van der Waals surface area contributed by atoms with Crippen molar-refractivity contribution in [1.82, 2.24) is 15.0 Å². The Labute approximate surface area is 113 Å². The number of aromatic carboxylic acids is 1. The molecule has 0 amide bonds. The van der Waals surface area contributed by atoms with Crippen LogP contribution in [0.25, 0.3) is 5.69 Å². The normalized spacial score (nSPS) is 10.8. The number of carbonyl (C=O) groups is 1. The van der Waals surface area contributed by atoms with Crippen molar-refractivity contribution in [2.75, 3.05) is 0 Å². The van der Waals surface area contributed by atoms with Crippen molar-refractivity contribution < 1.29 is 18.7 Å². The minimum absolute atomic E-state index is 0.00449. The van der Waals surface area contributed by atoms with E-state index in [2.05, 4.69) is 10.3 Å². The molecule has 0 saturated heterocycles. The van der Waals surface area contributed by atoms with Crippen LogP contribution in [0.2, 0.25) is 0 Å². The number of aromatic nitrogens is 3. The maximum absolute atomic E-state index is 13.2. The van der Waals surface area contributed by atoms with Gasteiger partial charge in [0.1, 0.15) is 11.6 Å². The van der Waals surface area contributed by atoms with E-state index in [0.29, 0.717) is 18.2 Å². The Hall–Kier alpha value is -2.31. The molecule has 0 bridgehead atoms. The zero-order chi connectivity index (χ0) is 14.7. The second-order valence-electron chi connectivity index (χ2n) is 4.33. The standard InChI is InChI=1S/C13H13F2N3O2/c1-2-3-4-11-12(13(19)20)18(17-16-11)10-6-8(14)5-9(15)7-10/h5-7H,2-4H2,1H3,(H,19,20). The second kappa shape index (κ2) is 5.77. The maximum atomic E-state index is 13.2. The summed E-state index contributed by atoms with van der Waals surface area (Å²) in [5.41, 5.74) is 0.141. The molecule has 106 valence electrons. The first-order valence-electron chi connectivity index (χ1n) is 6.17.